The zero-order chi connectivity index (χ0) is 23.7. The zero-order valence-corrected chi connectivity index (χ0v) is 19.4. The molecule has 2 aromatic carbocycles. The molecule has 2 rings (SSSR count). The molecule has 9 nitrogen and oxygen atoms in total. The number of benzene rings is 2. The van der Waals surface area contributed by atoms with Crippen LogP contribution in [0.1, 0.15) is 20.8 Å². The van der Waals surface area contributed by atoms with Crippen LogP contribution in [0.15, 0.2) is 40.6 Å². The minimum Gasteiger partial charge on any atom is -0.497 e. The Kier molecular flexibility index (Phi) is 9.27. The van der Waals surface area contributed by atoms with Gasteiger partial charge >= 0.3 is 0 Å². The molecule has 0 aliphatic heterocycles. The molecule has 0 aliphatic carbocycles. The molecule has 10 heteroatoms. The number of halogens is 1. The molecule has 0 spiro atoms. The quantitative estimate of drug-likeness (QED) is 0.377. The van der Waals surface area contributed by atoms with E-state index in [-0.39, 0.29) is 10.7 Å². The predicted molar refractivity (Wildman–Crippen MR) is 121 cm³/mol. The Morgan fingerprint density at radius 1 is 1.03 bits per heavy atom. The molecule has 0 saturated carbocycles. The van der Waals surface area contributed by atoms with E-state index in [1.54, 1.807) is 37.3 Å². The van der Waals surface area contributed by atoms with E-state index in [1.807, 2.05) is 6.92 Å². The fraction of sp³-hybridized carbons (Fsp3) is 0.364. The minimum absolute atomic E-state index is 0.155. The van der Waals surface area contributed by atoms with Crippen LogP contribution in [0.4, 0.5) is 11.4 Å². The summed E-state index contributed by atoms with van der Waals surface area (Å²) >= 11 is 6.41. The molecule has 0 radical (unpaired) electrons. The summed E-state index contributed by atoms with van der Waals surface area (Å²) < 4.78 is 21.4. The van der Waals surface area contributed by atoms with Gasteiger partial charge in [-0.3, -0.25) is 9.59 Å². The summed E-state index contributed by atoms with van der Waals surface area (Å²) in [6.07, 6.45) is 0. The van der Waals surface area contributed by atoms with Crippen molar-refractivity contribution in [2.75, 3.05) is 32.8 Å². The number of carbonyl (C=O) groups is 2. The molecule has 0 saturated heterocycles. The molecule has 172 valence electrons. The summed E-state index contributed by atoms with van der Waals surface area (Å²) in [5.41, 5.74) is 0.617. The third kappa shape index (κ3) is 6.34. The highest BCUT2D eigenvalue weighted by molar-refractivity contribution is 6.35. The van der Waals surface area contributed by atoms with Crippen LogP contribution in [0.25, 0.3) is 0 Å². The lowest BCUT2D eigenvalue weighted by Gasteiger charge is -2.16. The molecular weight excluding hydrogens is 438 g/mol. The number of methoxy groups -OCH3 is 2. The lowest BCUT2D eigenvalue weighted by Crippen LogP contribution is -2.32. The number of anilines is 1. The maximum Gasteiger partial charge on any atom is 0.258 e. The molecule has 1 unspecified atom stereocenters. The number of nitrogens with zero attached hydrogens (tertiary/aromatic N) is 2. The van der Waals surface area contributed by atoms with E-state index in [0.29, 0.717) is 41.9 Å². The van der Waals surface area contributed by atoms with Crippen molar-refractivity contribution in [2.24, 2.45) is 10.2 Å². The van der Waals surface area contributed by atoms with Gasteiger partial charge in [-0.2, -0.15) is 10.2 Å². The molecule has 2 aromatic rings. The number of carbonyl (C=O) groups excluding carboxylic acids is 2. The monoisotopic (exact) mass is 463 g/mol. The summed E-state index contributed by atoms with van der Waals surface area (Å²) in [5, 5.41) is 10.7. The van der Waals surface area contributed by atoms with E-state index in [2.05, 4.69) is 15.5 Å². The van der Waals surface area contributed by atoms with Gasteiger partial charge in [0.2, 0.25) is 6.04 Å². The van der Waals surface area contributed by atoms with Crippen LogP contribution < -0.4 is 24.3 Å². The Labute approximate surface area is 191 Å². The normalized spacial score (nSPS) is 11.7. The molecule has 1 N–H and O–H groups in total. The van der Waals surface area contributed by atoms with Gasteiger partial charge in [0, 0.05) is 18.2 Å². The third-order valence-electron chi connectivity index (χ3n) is 4.17. The number of amides is 1. The van der Waals surface area contributed by atoms with Crippen molar-refractivity contribution in [3.05, 3.63) is 35.4 Å². The van der Waals surface area contributed by atoms with Crippen LogP contribution in [0.3, 0.4) is 0 Å². The lowest BCUT2D eigenvalue weighted by atomic mass is 10.2. The number of Topliss-reactive ketones (excluding diaryl/α,β-unsaturated/α-hetero) is 1. The van der Waals surface area contributed by atoms with Crippen molar-refractivity contribution in [1.29, 1.82) is 0 Å². The first-order valence-electron chi connectivity index (χ1n) is 9.87. The first-order valence-corrected chi connectivity index (χ1v) is 10.3. The molecule has 0 aliphatic rings. The fourth-order valence-electron chi connectivity index (χ4n) is 2.68. The molecular formula is C22H26ClN3O6. The number of nitrogens with one attached hydrogen (secondary N) is 1. The summed E-state index contributed by atoms with van der Waals surface area (Å²) in [4.78, 5) is 24.9. The Morgan fingerprint density at radius 2 is 1.66 bits per heavy atom. The van der Waals surface area contributed by atoms with Crippen LogP contribution in [-0.2, 0) is 9.59 Å². The topological polar surface area (TPSA) is 108 Å². The Balaban J connectivity index is 2.29. The number of hydrogen-bond donors (Lipinski definition) is 1. The highest BCUT2D eigenvalue weighted by Gasteiger charge is 2.25. The van der Waals surface area contributed by atoms with Crippen molar-refractivity contribution in [3.63, 3.8) is 0 Å². The fourth-order valence-corrected chi connectivity index (χ4v) is 2.93. The van der Waals surface area contributed by atoms with Gasteiger partial charge in [0.05, 0.1) is 38.8 Å². The standard InChI is InChI=1S/C22H26ClN3O6/c1-6-31-18-9-8-17(19(23)21(18)32-7-2)24-22(28)20(13(3)27)26-25-14-10-15(29-4)12-16(11-14)30-5/h8-12,20H,6-7H2,1-5H3,(H,24,28). The van der Waals surface area contributed by atoms with Crippen molar-refractivity contribution in [1.82, 2.24) is 0 Å². The Hall–Kier alpha value is -3.33. The number of ketones is 1. The first-order chi connectivity index (χ1) is 15.3. The molecule has 0 heterocycles. The maximum absolute atomic E-state index is 12.8. The van der Waals surface area contributed by atoms with E-state index in [1.165, 1.54) is 21.1 Å². The van der Waals surface area contributed by atoms with Crippen LogP contribution in [0.5, 0.6) is 23.0 Å². The van der Waals surface area contributed by atoms with Gasteiger partial charge in [-0.05, 0) is 32.9 Å². The average molecular weight is 464 g/mol. The van der Waals surface area contributed by atoms with Gasteiger partial charge in [-0.25, -0.2) is 0 Å². The number of rotatable bonds is 11. The van der Waals surface area contributed by atoms with Crippen molar-refractivity contribution < 1.29 is 28.5 Å². The summed E-state index contributed by atoms with van der Waals surface area (Å²) in [7, 11) is 3.00. The van der Waals surface area contributed by atoms with Crippen molar-refractivity contribution in [2.45, 2.75) is 26.8 Å². The van der Waals surface area contributed by atoms with Crippen LogP contribution in [0, 0.1) is 0 Å². The van der Waals surface area contributed by atoms with Gasteiger partial charge in [-0.1, -0.05) is 11.6 Å². The van der Waals surface area contributed by atoms with E-state index in [0.717, 1.165) is 0 Å². The second-order valence-corrected chi connectivity index (χ2v) is 6.79. The second kappa shape index (κ2) is 11.9. The minimum atomic E-state index is -1.38. The number of hydrogen-bond acceptors (Lipinski definition) is 8. The number of azo groups is 1. The third-order valence-corrected chi connectivity index (χ3v) is 4.54. The largest absolute Gasteiger partial charge is 0.497 e. The Bertz CT molecular complexity index is 974. The van der Waals surface area contributed by atoms with Crippen LogP contribution >= 0.6 is 11.6 Å². The maximum atomic E-state index is 12.8. The van der Waals surface area contributed by atoms with Crippen molar-refractivity contribution >= 4 is 34.7 Å². The first kappa shape index (κ1) is 24.9. The number of ether oxygens (including phenoxy) is 4. The van der Waals surface area contributed by atoms with Gasteiger partial charge in [0.1, 0.15) is 16.5 Å². The van der Waals surface area contributed by atoms with Crippen LogP contribution in [0.2, 0.25) is 5.02 Å². The van der Waals surface area contributed by atoms with Gasteiger partial charge in [0.15, 0.2) is 17.3 Å². The van der Waals surface area contributed by atoms with Gasteiger partial charge in [0.25, 0.3) is 5.91 Å². The summed E-state index contributed by atoms with van der Waals surface area (Å²) in [6, 6.07) is 6.67. The highest BCUT2D eigenvalue weighted by atomic mass is 35.5. The lowest BCUT2D eigenvalue weighted by molar-refractivity contribution is -0.126. The molecule has 1 amide bonds. The van der Waals surface area contributed by atoms with Crippen LogP contribution in [-0.4, -0.2) is 45.2 Å². The SMILES string of the molecule is CCOc1ccc(NC(=O)C(N=Nc2cc(OC)cc(OC)c2)C(C)=O)c(Cl)c1OCC. The second-order valence-electron chi connectivity index (χ2n) is 6.41. The molecule has 0 fully saturated rings. The summed E-state index contributed by atoms with van der Waals surface area (Å²) in [5.74, 6) is 0.557. The van der Waals surface area contributed by atoms with E-state index >= 15 is 0 Å². The Morgan fingerprint density at radius 3 is 2.19 bits per heavy atom. The molecule has 0 bridgehead atoms. The highest BCUT2D eigenvalue weighted by Crippen LogP contribution is 2.40. The predicted octanol–water partition coefficient (Wildman–Crippen LogP) is 4.83. The summed E-state index contributed by atoms with van der Waals surface area (Å²) in [6.45, 7) is 5.66. The van der Waals surface area contributed by atoms with Gasteiger partial charge in [-0.15, -0.1) is 0 Å². The van der Waals surface area contributed by atoms with E-state index in [4.69, 9.17) is 30.5 Å². The molecule has 0 aromatic heterocycles. The van der Waals surface area contributed by atoms with Crippen molar-refractivity contribution in [3.8, 4) is 23.0 Å². The zero-order valence-electron chi connectivity index (χ0n) is 18.6. The van der Waals surface area contributed by atoms with E-state index in [9.17, 15) is 9.59 Å². The molecule has 1 atom stereocenters. The molecule has 32 heavy (non-hydrogen) atoms. The van der Waals surface area contributed by atoms with Gasteiger partial charge < -0.3 is 24.3 Å². The smallest absolute Gasteiger partial charge is 0.258 e. The van der Waals surface area contributed by atoms with E-state index < -0.39 is 17.7 Å². The average Bonchev–Trinajstić information content (AvgIpc) is 2.77.